The molecule has 0 aliphatic carbocycles. The first-order valence-corrected chi connectivity index (χ1v) is 13.2. The van der Waals surface area contributed by atoms with E-state index in [1.807, 2.05) is 0 Å². The first-order chi connectivity index (χ1) is 16.6. The topological polar surface area (TPSA) is 131 Å². The zero-order valence-electron chi connectivity index (χ0n) is 19.9. The van der Waals surface area contributed by atoms with Gasteiger partial charge >= 0.3 is 0 Å². The van der Waals surface area contributed by atoms with Gasteiger partial charge in [-0.3, -0.25) is 4.79 Å². The molecule has 1 aromatic carbocycles. The summed E-state index contributed by atoms with van der Waals surface area (Å²) in [7, 11) is -4.01. The van der Waals surface area contributed by atoms with Crippen molar-refractivity contribution in [2.24, 2.45) is 5.92 Å². The van der Waals surface area contributed by atoms with Gasteiger partial charge in [-0.25, -0.2) is 8.42 Å². The Bertz CT molecular complexity index is 1340. The van der Waals surface area contributed by atoms with Crippen LogP contribution in [0.5, 0.6) is 0 Å². The molecule has 186 valence electrons. The molecule has 0 radical (unpaired) electrons. The van der Waals surface area contributed by atoms with Gasteiger partial charge < -0.3 is 19.6 Å². The summed E-state index contributed by atoms with van der Waals surface area (Å²) >= 11 is 0. The van der Waals surface area contributed by atoms with Crippen LogP contribution >= 0.6 is 0 Å². The molecule has 3 N–H and O–H groups in total. The number of amides is 1. The Hall–Kier alpha value is -3.13. The van der Waals surface area contributed by atoms with Crippen molar-refractivity contribution in [3.8, 4) is 6.07 Å². The maximum absolute atomic E-state index is 13.5. The second kappa shape index (κ2) is 9.85. The minimum absolute atomic E-state index is 0.0750. The number of nitrogens with one attached hydrogen (secondary N) is 2. The highest BCUT2D eigenvalue weighted by Gasteiger charge is 2.35. The number of sulfonamides is 1. The molecule has 0 saturated carbocycles. The van der Waals surface area contributed by atoms with Gasteiger partial charge in [0.1, 0.15) is 17.8 Å². The molecule has 0 bridgehead atoms. The highest BCUT2D eigenvalue weighted by atomic mass is 32.2. The molecule has 0 spiro atoms. The number of nitrogens with zero attached hydrogens (tertiary/aromatic N) is 3. The maximum Gasteiger partial charge on any atom is 0.241 e. The molecule has 4 rings (SSSR count). The number of benzene rings is 1. The summed E-state index contributed by atoms with van der Waals surface area (Å²) in [5, 5.41) is 20.2. The monoisotopic (exact) mass is 497 g/mol. The quantitative estimate of drug-likeness (QED) is 0.440. The number of fused-ring (bicyclic) bond motifs is 1. The Balaban J connectivity index is 1.57. The molecule has 10 heteroatoms. The molecule has 1 fully saturated rings. The number of piperidine rings is 1. The second-order valence-corrected chi connectivity index (χ2v) is 11.3. The number of H-pyrrole nitrogens is 1. The van der Waals surface area contributed by atoms with Crippen molar-refractivity contribution in [3.05, 3.63) is 54.5 Å². The number of rotatable bonds is 8. The van der Waals surface area contributed by atoms with Gasteiger partial charge in [0.25, 0.3) is 0 Å². The van der Waals surface area contributed by atoms with Gasteiger partial charge in [0.2, 0.25) is 15.9 Å². The van der Waals surface area contributed by atoms with Crippen LogP contribution in [0.3, 0.4) is 0 Å². The molecule has 1 saturated heterocycles. The van der Waals surface area contributed by atoms with Gasteiger partial charge in [0, 0.05) is 42.9 Å². The molecule has 35 heavy (non-hydrogen) atoms. The molecule has 3 aromatic rings. The van der Waals surface area contributed by atoms with Crippen LogP contribution in [0, 0.1) is 17.2 Å². The van der Waals surface area contributed by atoms with Gasteiger partial charge in [-0.1, -0.05) is 6.07 Å². The van der Waals surface area contributed by atoms with E-state index in [-0.39, 0.29) is 23.1 Å². The van der Waals surface area contributed by atoms with E-state index in [4.69, 9.17) is 0 Å². The van der Waals surface area contributed by atoms with Crippen LogP contribution in [0.25, 0.3) is 10.9 Å². The Kier molecular flexibility index (Phi) is 7.03. The van der Waals surface area contributed by atoms with Crippen LogP contribution in [-0.4, -0.2) is 58.6 Å². The summed E-state index contributed by atoms with van der Waals surface area (Å²) in [6, 6.07) is 11.2. The van der Waals surface area contributed by atoms with Gasteiger partial charge in [-0.05, 0) is 69.4 Å². The van der Waals surface area contributed by atoms with Crippen LogP contribution in [0.15, 0.2) is 53.7 Å². The van der Waals surface area contributed by atoms with E-state index in [1.54, 1.807) is 66.0 Å². The highest BCUT2D eigenvalue weighted by Crippen LogP contribution is 2.28. The number of aryl methyl sites for hydroxylation is 1. The lowest BCUT2D eigenvalue weighted by Gasteiger charge is -2.39. The lowest BCUT2D eigenvalue weighted by Crippen LogP contribution is -2.52. The number of carbonyl (C=O) groups excluding carboxylic acids is 1. The third kappa shape index (κ3) is 5.42. The van der Waals surface area contributed by atoms with E-state index in [0.717, 1.165) is 0 Å². The zero-order valence-corrected chi connectivity index (χ0v) is 20.8. The minimum atomic E-state index is -4.01. The van der Waals surface area contributed by atoms with E-state index >= 15 is 0 Å². The van der Waals surface area contributed by atoms with Crippen molar-refractivity contribution in [3.63, 3.8) is 0 Å². The van der Waals surface area contributed by atoms with Gasteiger partial charge in [0.15, 0.2) is 0 Å². The Labute approximate surface area is 205 Å². The summed E-state index contributed by atoms with van der Waals surface area (Å²) < 4.78 is 31.2. The summed E-state index contributed by atoms with van der Waals surface area (Å²) in [6.07, 6.45) is 4.90. The summed E-state index contributed by atoms with van der Waals surface area (Å²) in [6.45, 7) is 4.76. The first-order valence-electron chi connectivity index (χ1n) is 11.7. The van der Waals surface area contributed by atoms with Gasteiger partial charge in [0.05, 0.1) is 10.5 Å². The molecule has 9 nitrogen and oxygen atoms in total. The van der Waals surface area contributed by atoms with Crippen molar-refractivity contribution < 1.29 is 18.3 Å². The van der Waals surface area contributed by atoms with Crippen molar-refractivity contribution in [1.82, 2.24) is 19.2 Å². The molecule has 3 heterocycles. The Morgan fingerprint density at radius 3 is 2.69 bits per heavy atom. The first kappa shape index (κ1) is 25.0. The highest BCUT2D eigenvalue weighted by molar-refractivity contribution is 7.89. The lowest BCUT2D eigenvalue weighted by molar-refractivity contribution is -0.136. The van der Waals surface area contributed by atoms with Crippen LogP contribution in [0.2, 0.25) is 0 Å². The van der Waals surface area contributed by atoms with Gasteiger partial charge in [-0.15, -0.1) is 0 Å². The average Bonchev–Trinajstić information content (AvgIpc) is 3.49. The minimum Gasteiger partial charge on any atom is -0.390 e. The fraction of sp³-hybridized carbons (Fsp3) is 0.440. The van der Waals surface area contributed by atoms with Crippen LogP contribution in [-0.2, 0) is 21.4 Å². The van der Waals surface area contributed by atoms with Crippen molar-refractivity contribution >= 4 is 26.8 Å². The number of likely N-dealkylation sites (tertiary alicyclic amines) is 1. The normalized spacial score (nSPS) is 16.3. The number of hydrogen-bond acceptors (Lipinski definition) is 5. The SMILES string of the molecule is CC(C)(O)C1CCN(C(=O)C(CCn2cccc2C#N)NS(=O)(=O)c2cccc3[nH]ccc23)CC1. The molecule has 1 amide bonds. The molecular weight excluding hydrogens is 466 g/mol. The van der Waals surface area contributed by atoms with E-state index in [9.17, 15) is 23.6 Å². The fourth-order valence-corrected chi connectivity index (χ4v) is 6.23. The number of carbonyl (C=O) groups is 1. The zero-order chi connectivity index (χ0) is 25.2. The number of aromatic amines is 1. The molecule has 2 aromatic heterocycles. The number of aliphatic hydroxyl groups is 1. The predicted octanol–water partition coefficient (Wildman–Crippen LogP) is 2.59. The predicted molar refractivity (Wildman–Crippen MR) is 132 cm³/mol. The lowest BCUT2D eigenvalue weighted by atomic mass is 9.83. The van der Waals surface area contributed by atoms with E-state index < -0.39 is 21.7 Å². The molecular formula is C25H31N5O4S. The third-order valence-electron chi connectivity index (χ3n) is 6.85. The van der Waals surface area contributed by atoms with E-state index in [1.165, 1.54) is 6.07 Å². The van der Waals surface area contributed by atoms with Crippen LogP contribution < -0.4 is 4.72 Å². The van der Waals surface area contributed by atoms with Crippen LogP contribution in [0.1, 0.15) is 38.8 Å². The van der Waals surface area contributed by atoms with Crippen molar-refractivity contribution in [1.29, 1.82) is 5.26 Å². The number of nitriles is 1. The molecule has 1 unspecified atom stereocenters. The van der Waals surface area contributed by atoms with Crippen molar-refractivity contribution in [2.45, 2.75) is 56.2 Å². The molecule has 1 atom stereocenters. The fourth-order valence-electron chi connectivity index (χ4n) is 4.78. The standard InChI is InChI=1S/C25H31N5O4S/c1-25(2,32)18-9-14-30(15-10-18)24(31)22(11-16-29-13-4-5-19(29)17-26)28-35(33,34)23-7-3-6-21-20(23)8-12-27-21/h3-8,12-13,18,22,27-28,32H,9-11,14-16H2,1-2H3. The van der Waals surface area contributed by atoms with Crippen molar-refractivity contribution in [2.75, 3.05) is 13.1 Å². The second-order valence-electron chi connectivity index (χ2n) is 9.61. The van der Waals surface area contributed by atoms with Gasteiger partial charge in [-0.2, -0.15) is 9.98 Å². The largest absolute Gasteiger partial charge is 0.390 e. The Morgan fingerprint density at radius 1 is 1.26 bits per heavy atom. The summed E-state index contributed by atoms with van der Waals surface area (Å²) in [4.78, 5) is 18.3. The third-order valence-corrected chi connectivity index (χ3v) is 8.38. The molecule has 1 aliphatic heterocycles. The average molecular weight is 498 g/mol. The summed E-state index contributed by atoms with van der Waals surface area (Å²) in [5.41, 5.74) is 0.311. The van der Waals surface area contributed by atoms with Crippen LogP contribution in [0.4, 0.5) is 0 Å². The number of aromatic nitrogens is 2. The van der Waals surface area contributed by atoms with E-state index in [2.05, 4.69) is 15.8 Å². The number of hydrogen-bond donors (Lipinski definition) is 3. The maximum atomic E-state index is 13.5. The Morgan fingerprint density at radius 2 is 2.00 bits per heavy atom. The summed E-state index contributed by atoms with van der Waals surface area (Å²) in [5.74, 6) is -0.222. The molecule has 1 aliphatic rings. The van der Waals surface area contributed by atoms with E-state index in [0.29, 0.717) is 49.1 Å². The smallest absolute Gasteiger partial charge is 0.241 e.